The van der Waals surface area contributed by atoms with Gasteiger partial charge in [-0.25, -0.2) is 0 Å². The van der Waals surface area contributed by atoms with Crippen LogP contribution in [0.5, 0.6) is 0 Å². The summed E-state index contributed by atoms with van der Waals surface area (Å²) in [7, 11) is 0. The van der Waals surface area contributed by atoms with Crippen LogP contribution in [0.4, 0.5) is 0 Å². The van der Waals surface area contributed by atoms with Gasteiger partial charge in [-0.2, -0.15) is 0 Å². The van der Waals surface area contributed by atoms with Gasteiger partial charge in [0.1, 0.15) is 0 Å². The summed E-state index contributed by atoms with van der Waals surface area (Å²) in [5.41, 5.74) is -0.157. The number of aliphatic hydroxyl groups excluding tert-OH is 1. The molecule has 0 spiro atoms. The van der Waals surface area contributed by atoms with Crippen LogP contribution in [-0.4, -0.2) is 34.1 Å². The first-order chi connectivity index (χ1) is 7.49. The van der Waals surface area contributed by atoms with E-state index in [0.29, 0.717) is 19.4 Å². The van der Waals surface area contributed by atoms with Gasteiger partial charge in [0.15, 0.2) is 0 Å². The Hall–Kier alpha value is -0.570. The molecule has 1 aliphatic heterocycles. The maximum atomic E-state index is 12.1. The topological polar surface area (TPSA) is 40.5 Å². The lowest BCUT2D eigenvalue weighted by Crippen LogP contribution is -2.42. The van der Waals surface area contributed by atoms with Gasteiger partial charge in [-0.3, -0.25) is 4.79 Å². The van der Waals surface area contributed by atoms with Gasteiger partial charge in [0, 0.05) is 18.5 Å². The van der Waals surface area contributed by atoms with Crippen LogP contribution in [0.25, 0.3) is 0 Å². The monoisotopic (exact) mass is 225 g/mol. The lowest BCUT2D eigenvalue weighted by Gasteiger charge is -2.32. The second kappa shape index (κ2) is 4.36. The first-order valence-corrected chi connectivity index (χ1v) is 6.47. The third kappa shape index (κ3) is 2.40. The highest BCUT2D eigenvalue weighted by atomic mass is 16.3. The lowest BCUT2D eigenvalue weighted by molar-refractivity contribution is -0.135. The summed E-state index contributed by atoms with van der Waals surface area (Å²) < 4.78 is 0. The number of amides is 1. The molecule has 0 bridgehead atoms. The summed E-state index contributed by atoms with van der Waals surface area (Å²) in [5, 5.41) is 9.62. The SMILES string of the molecule is CC1(C)CC(O)CN1C(=O)CCC1CCC1. The molecule has 1 aliphatic carbocycles. The number of carbonyl (C=O) groups excluding carboxylic acids is 1. The average Bonchev–Trinajstić information content (AvgIpc) is 2.36. The van der Waals surface area contributed by atoms with Crippen LogP contribution in [0, 0.1) is 5.92 Å². The van der Waals surface area contributed by atoms with Crippen molar-refractivity contribution >= 4 is 5.91 Å². The summed E-state index contributed by atoms with van der Waals surface area (Å²) in [5.74, 6) is 1.02. The number of nitrogens with zero attached hydrogens (tertiary/aromatic N) is 1. The zero-order chi connectivity index (χ0) is 11.8. The lowest BCUT2D eigenvalue weighted by atomic mass is 9.82. The van der Waals surface area contributed by atoms with Crippen LogP contribution in [0.1, 0.15) is 52.4 Å². The molecule has 1 saturated carbocycles. The number of carbonyl (C=O) groups is 1. The fourth-order valence-electron chi connectivity index (χ4n) is 2.89. The van der Waals surface area contributed by atoms with E-state index in [-0.39, 0.29) is 17.6 Å². The molecule has 0 aromatic heterocycles. The number of β-amino-alcohol motifs (C(OH)–C–C–N with tert-alkyl or cyclic N) is 1. The molecule has 1 heterocycles. The van der Waals surface area contributed by atoms with Crippen molar-refractivity contribution in [2.45, 2.75) is 64.0 Å². The molecule has 0 aromatic rings. The summed E-state index contributed by atoms with van der Waals surface area (Å²) in [4.78, 5) is 13.9. The Morgan fingerprint density at radius 3 is 2.56 bits per heavy atom. The molecule has 92 valence electrons. The highest BCUT2D eigenvalue weighted by Crippen LogP contribution is 2.33. The predicted octanol–water partition coefficient (Wildman–Crippen LogP) is 1.94. The molecule has 0 radical (unpaired) electrons. The second-order valence-corrected chi connectivity index (χ2v) is 6.01. The van der Waals surface area contributed by atoms with Crippen LogP contribution >= 0.6 is 0 Å². The van der Waals surface area contributed by atoms with Crippen molar-refractivity contribution in [1.82, 2.24) is 4.90 Å². The Balaban J connectivity index is 1.83. The van der Waals surface area contributed by atoms with Crippen LogP contribution in [0.3, 0.4) is 0 Å². The van der Waals surface area contributed by atoms with E-state index in [0.717, 1.165) is 12.3 Å². The van der Waals surface area contributed by atoms with Gasteiger partial charge in [0.05, 0.1) is 6.10 Å². The van der Waals surface area contributed by atoms with E-state index in [4.69, 9.17) is 0 Å². The summed E-state index contributed by atoms with van der Waals surface area (Å²) >= 11 is 0. The summed E-state index contributed by atoms with van der Waals surface area (Å²) in [6.45, 7) is 4.62. The molecule has 2 rings (SSSR count). The molecule has 1 N–H and O–H groups in total. The number of hydrogen-bond donors (Lipinski definition) is 1. The standard InChI is InChI=1S/C13H23NO2/c1-13(2)8-11(15)9-14(13)12(16)7-6-10-4-3-5-10/h10-11,15H,3-9H2,1-2H3. The Morgan fingerprint density at radius 1 is 1.44 bits per heavy atom. The van der Waals surface area contributed by atoms with Crippen molar-refractivity contribution in [3.8, 4) is 0 Å². The van der Waals surface area contributed by atoms with E-state index >= 15 is 0 Å². The van der Waals surface area contributed by atoms with Crippen LogP contribution < -0.4 is 0 Å². The fourth-order valence-corrected chi connectivity index (χ4v) is 2.89. The van der Waals surface area contributed by atoms with Crippen LogP contribution in [-0.2, 0) is 4.79 Å². The highest BCUT2D eigenvalue weighted by molar-refractivity contribution is 5.77. The molecule has 1 saturated heterocycles. The van der Waals surface area contributed by atoms with Gasteiger partial charge < -0.3 is 10.0 Å². The van der Waals surface area contributed by atoms with Crippen molar-refractivity contribution < 1.29 is 9.90 Å². The van der Waals surface area contributed by atoms with Gasteiger partial charge >= 0.3 is 0 Å². The van der Waals surface area contributed by atoms with Gasteiger partial charge in [-0.15, -0.1) is 0 Å². The third-order valence-electron chi connectivity index (χ3n) is 4.15. The molecule has 3 heteroatoms. The molecule has 2 aliphatic rings. The smallest absolute Gasteiger partial charge is 0.223 e. The Bertz CT molecular complexity index is 271. The summed E-state index contributed by atoms with van der Waals surface area (Å²) in [6, 6.07) is 0. The molecule has 0 aromatic carbocycles. The van der Waals surface area contributed by atoms with E-state index in [9.17, 15) is 9.90 Å². The number of aliphatic hydroxyl groups is 1. The van der Waals surface area contributed by atoms with E-state index < -0.39 is 0 Å². The molecule has 1 unspecified atom stereocenters. The van der Waals surface area contributed by atoms with Crippen molar-refractivity contribution in [3.63, 3.8) is 0 Å². The average molecular weight is 225 g/mol. The molecule has 2 fully saturated rings. The Kier molecular flexibility index (Phi) is 3.24. The normalized spacial score (nSPS) is 29.2. The van der Waals surface area contributed by atoms with E-state index in [1.807, 2.05) is 18.7 Å². The van der Waals surface area contributed by atoms with Crippen molar-refractivity contribution in [2.75, 3.05) is 6.54 Å². The van der Waals surface area contributed by atoms with E-state index in [1.165, 1.54) is 19.3 Å². The molecule has 1 atom stereocenters. The van der Waals surface area contributed by atoms with Crippen molar-refractivity contribution in [3.05, 3.63) is 0 Å². The zero-order valence-electron chi connectivity index (χ0n) is 10.4. The second-order valence-electron chi connectivity index (χ2n) is 6.01. The quantitative estimate of drug-likeness (QED) is 0.797. The number of rotatable bonds is 3. The highest BCUT2D eigenvalue weighted by Gasteiger charge is 2.40. The molecular weight excluding hydrogens is 202 g/mol. The minimum absolute atomic E-state index is 0.157. The minimum atomic E-state index is -0.331. The van der Waals surface area contributed by atoms with Crippen LogP contribution in [0.2, 0.25) is 0 Å². The van der Waals surface area contributed by atoms with Crippen molar-refractivity contribution in [2.24, 2.45) is 5.92 Å². The minimum Gasteiger partial charge on any atom is -0.391 e. The Morgan fingerprint density at radius 2 is 2.12 bits per heavy atom. The molecule has 16 heavy (non-hydrogen) atoms. The fraction of sp³-hybridized carbons (Fsp3) is 0.923. The number of hydrogen-bond acceptors (Lipinski definition) is 2. The first-order valence-electron chi connectivity index (χ1n) is 6.47. The van der Waals surface area contributed by atoms with Gasteiger partial charge in [-0.05, 0) is 32.6 Å². The van der Waals surface area contributed by atoms with Crippen LogP contribution in [0.15, 0.2) is 0 Å². The van der Waals surface area contributed by atoms with E-state index in [2.05, 4.69) is 0 Å². The third-order valence-corrected chi connectivity index (χ3v) is 4.15. The van der Waals surface area contributed by atoms with Gasteiger partial charge in [0.2, 0.25) is 5.91 Å². The molecular formula is C13H23NO2. The van der Waals surface area contributed by atoms with Gasteiger partial charge in [-0.1, -0.05) is 19.3 Å². The first kappa shape index (κ1) is 11.9. The van der Waals surface area contributed by atoms with Gasteiger partial charge in [0.25, 0.3) is 0 Å². The number of likely N-dealkylation sites (tertiary alicyclic amines) is 1. The maximum Gasteiger partial charge on any atom is 0.223 e. The largest absolute Gasteiger partial charge is 0.391 e. The molecule has 3 nitrogen and oxygen atoms in total. The maximum absolute atomic E-state index is 12.1. The van der Waals surface area contributed by atoms with Crippen molar-refractivity contribution in [1.29, 1.82) is 0 Å². The summed E-state index contributed by atoms with van der Waals surface area (Å²) in [6.07, 6.45) is 6.04. The van der Waals surface area contributed by atoms with E-state index in [1.54, 1.807) is 0 Å². The molecule has 1 amide bonds. The zero-order valence-corrected chi connectivity index (χ0v) is 10.4. The Labute approximate surface area is 97.8 Å². The predicted molar refractivity (Wildman–Crippen MR) is 63.0 cm³/mol.